The topological polar surface area (TPSA) is 76.8 Å². The van der Waals surface area contributed by atoms with Crippen molar-refractivity contribution >= 4 is 23.1 Å². The first-order chi connectivity index (χ1) is 10.3. The summed E-state index contributed by atoms with van der Waals surface area (Å²) in [5.74, 6) is 1.70. The van der Waals surface area contributed by atoms with E-state index in [0.717, 1.165) is 29.6 Å². The molecule has 0 saturated carbocycles. The van der Waals surface area contributed by atoms with Crippen LogP contribution in [0.15, 0.2) is 28.7 Å². The molecular formula is C14H14N4O2S. The van der Waals surface area contributed by atoms with Crippen LogP contribution < -0.4 is 4.74 Å². The number of rotatable bonds is 5. The quantitative estimate of drug-likeness (QED) is 0.729. The van der Waals surface area contributed by atoms with Crippen molar-refractivity contribution in [3.8, 4) is 5.88 Å². The van der Waals surface area contributed by atoms with Crippen LogP contribution in [0.3, 0.4) is 0 Å². The molecule has 0 amide bonds. The summed E-state index contributed by atoms with van der Waals surface area (Å²) in [5, 5.41) is 7.33. The number of benzene rings is 1. The number of hydrogen-bond acceptors (Lipinski definition) is 6. The van der Waals surface area contributed by atoms with Crippen LogP contribution in [-0.2, 0) is 13.0 Å². The fourth-order valence-corrected chi connectivity index (χ4v) is 2.13. The summed E-state index contributed by atoms with van der Waals surface area (Å²) in [7, 11) is 0. The van der Waals surface area contributed by atoms with E-state index in [1.54, 1.807) is 0 Å². The molecule has 3 aromatic rings. The molecule has 0 atom stereocenters. The number of aromatic amines is 1. The average molecular weight is 302 g/mol. The van der Waals surface area contributed by atoms with Gasteiger partial charge < -0.3 is 9.15 Å². The van der Waals surface area contributed by atoms with Crippen LogP contribution >= 0.6 is 12.2 Å². The Labute approximate surface area is 126 Å². The molecule has 0 aliphatic heterocycles. The number of fused-ring (bicyclic) bond motifs is 1. The van der Waals surface area contributed by atoms with Crippen LogP contribution in [0.4, 0.5) is 0 Å². The lowest BCUT2D eigenvalue weighted by Gasteiger charge is -2.08. The van der Waals surface area contributed by atoms with Crippen molar-refractivity contribution < 1.29 is 9.15 Å². The Bertz CT molecular complexity index is 812. The Balaban J connectivity index is 1.93. The lowest BCUT2D eigenvalue weighted by Crippen LogP contribution is -2.03. The maximum Gasteiger partial charge on any atom is 0.284 e. The van der Waals surface area contributed by atoms with Crippen molar-refractivity contribution in [2.75, 3.05) is 0 Å². The van der Waals surface area contributed by atoms with Crippen LogP contribution in [0.2, 0.25) is 0 Å². The number of aromatic nitrogens is 4. The summed E-state index contributed by atoms with van der Waals surface area (Å²) < 4.78 is 10.9. The van der Waals surface area contributed by atoms with E-state index in [1.807, 2.05) is 24.3 Å². The van der Waals surface area contributed by atoms with Gasteiger partial charge in [-0.05, 0) is 30.8 Å². The van der Waals surface area contributed by atoms with Crippen LogP contribution in [0.1, 0.15) is 25.1 Å². The third-order valence-corrected chi connectivity index (χ3v) is 3.08. The molecular weight excluding hydrogens is 288 g/mol. The van der Waals surface area contributed by atoms with Crippen LogP contribution in [0.25, 0.3) is 10.9 Å². The molecule has 0 fully saturated rings. The van der Waals surface area contributed by atoms with Crippen molar-refractivity contribution in [1.82, 2.24) is 20.2 Å². The molecule has 0 aliphatic carbocycles. The van der Waals surface area contributed by atoms with Crippen LogP contribution in [0, 0.1) is 4.84 Å². The van der Waals surface area contributed by atoms with E-state index in [1.165, 1.54) is 0 Å². The van der Waals surface area contributed by atoms with Gasteiger partial charge in [-0.2, -0.15) is 4.98 Å². The first-order valence-corrected chi connectivity index (χ1v) is 7.10. The van der Waals surface area contributed by atoms with Crippen molar-refractivity contribution in [2.45, 2.75) is 26.4 Å². The van der Waals surface area contributed by atoms with E-state index in [9.17, 15) is 0 Å². The Morgan fingerprint density at radius 3 is 2.90 bits per heavy atom. The molecule has 1 aromatic carbocycles. The van der Waals surface area contributed by atoms with E-state index >= 15 is 0 Å². The van der Waals surface area contributed by atoms with Crippen molar-refractivity contribution in [2.24, 2.45) is 0 Å². The van der Waals surface area contributed by atoms with Crippen molar-refractivity contribution in [3.63, 3.8) is 0 Å². The molecule has 0 radical (unpaired) electrons. The molecule has 0 saturated heterocycles. The SMILES string of the molecule is CCCc1nc(OCc2n[nH]c(=S)o2)c2ccccc2n1. The second kappa shape index (κ2) is 6.01. The zero-order chi connectivity index (χ0) is 14.7. The lowest BCUT2D eigenvalue weighted by atomic mass is 10.2. The monoisotopic (exact) mass is 302 g/mol. The molecule has 3 rings (SSSR count). The first kappa shape index (κ1) is 13.7. The molecule has 0 unspecified atom stereocenters. The maximum absolute atomic E-state index is 5.73. The summed E-state index contributed by atoms with van der Waals surface area (Å²) in [4.78, 5) is 9.23. The standard InChI is InChI=1S/C14H14N4O2S/c1-2-5-11-15-10-7-4-3-6-9(10)13(16-11)19-8-12-17-18-14(21)20-12/h3-4,6-7H,2,5,8H2,1H3,(H,18,21). The zero-order valence-corrected chi connectivity index (χ0v) is 12.3. The number of aryl methyl sites for hydroxylation is 1. The normalized spacial score (nSPS) is 10.9. The van der Waals surface area contributed by atoms with Gasteiger partial charge in [0.05, 0.1) is 10.9 Å². The molecule has 0 spiro atoms. The highest BCUT2D eigenvalue weighted by Gasteiger charge is 2.10. The maximum atomic E-state index is 5.73. The number of nitrogens with one attached hydrogen (secondary N) is 1. The average Bonchev–Trinajstić information content (AvgIpc) is 2.91. The minimum atomic E-state index is 0.166. The molecule has 108 valence electrons. The Hall–Kier alpha value is -2.28. The first-order valence-electron chi connectivity index (χ1n) is 6.69. The molecule has 6 nitrogen and oxygen atoms in total. The summed E-state index contributed by atoms with van der Waals surface area (Å²) >= 11 is 4.83. The number of H-pyrrole nitrogens is 1. The van der Waals surface area contributed by atoms with E-state index < -0.39 is 0 Å². The number of para-hydroxylation sites is 1. The van der Waals surface area contributed by atoms with E-state index in [2.05, 4.69) is 27.1 Å². The minimum Gasteiger partial charge on any atom is -0.467 e. The number of hydrogen-bond donors (Lipinski definition) is 1. The fourth-order valence-electron chi connectivity index (χ4n) is 1.99. The van der Waals surface area contributed by atoms with E-state index in [0.29, 0.717) is 11.8 Å². The van der Waals surface area contributed by atoms with Gasteiger partial charge >= 0.3 is 0 Å². The third kappa shape index (κ3) is 3.08. The van der Waals surface area contributed by atoms with Gasteiger partial charge in [-0.3, -0.25) is 0 Å². The van der Waals surface area contributed by atoms with Gasteiger partial charge in [0, 0.05) is 6.42 Å². The Morgan fingerprint density at radius 2 is 2.14 bits per heavy atom. The summed E-state index contributed by atoms with van der Waals surface area (Å²) in [6.07, 6.45) is 1.79. The highest BCUT2D eigenvalue weighted by atomic mass is 32.1. The zero-order valence-electron chi connectivity index (χ0n) is 11.5. The Kier molecular flexibility index (Phi) is 3.92. The summed E-state index contributed by atoms with van der Waals surface area (Å²) in [5.41, 5.74) is 0.869. The minimum absolute atomic E-state index is 0.166. The number of nitrogens with zero attached hydrogens (tertiary/aromatic N) is 3. The third-order valence-electron chi connectivity index (χ3n) is 2.90. The molecule has 1 N–H and O–H groups in total. The van der Waals surface area contributed by atoms with Crippen molar-refractivity contribution in [1.29, 1.82) is 0 Å². The molecule has 2 heterocycles. The van der Waals surface area contributed by atoms with Gasteiger partial charge in [-0.25, -0.2) is 10.1 Å². The van der Waals surface area contributed by atoms with Crippen LogP contribution in [-0.4, -0.2) is 20.2 Å². The Morgan fingerprint density at radius 1 is 1.29 bits per heavy atom. The van der Waals surface area contributed by atoms with Gasteiger partial charge in [0.25, 0.3) is 10.7 Å². The summed E-state index contributed by atoms with van der Waals surface area (Å²) in [6.45, 7) is 2.26. The second-order valence-corrected chi connectivity index (χ2v) is 4.88. The molecule has 0 bridgehead atoms. The van der Waals surface area contributed by atoms with Gasteiger partial charge in [0.2, 0.25) is 5.88 Å². The second-order valence-electron chi connectivity index (χ2n) is 4.51. The van der Waals surface area contributed by atoms with E-state index in [4.69, 9.17) is 21.4 Å². The van der Waals surface area contributed by atoms with Crippen LogP contribution in [0.5, 0.6) is 5.88 Å². The molecule has 7 heteroatoms. The van der Waals surface area contributed by atoms with Crippen molar-refractivity contribution in [3.05, 3.63) is 40.8 Å². The van der Waals surface area contributed by atoms with Gasteiger partial charge in [-0.1, -0.05) is 19.1 Å². The molecule has 21 heavy (non-hydrogen) atoms. The highest BCUT2D eigenvalue weighted by Crippen LogP contribution is 2.23. The molecule has 2 aromatic heterocycles. The smallest absolute Gasteiger partial charge is 0.284 e. The molecule has 0 aliphatic rings. The predicted octanol–water partition coefficient (Wildman–Crippen LogP) is 3.21. The van der Waals surface area contributed by atoms with E-state index in [-0.39, 0.29) is 11.4 Å². The highest BCUT2D eigenvalue weighted by molar-refractivity contribution is 7.71. The summed E-state index contributed by atoms with van der Waals surface area (Å²) in [6, 6.07) is 7.75. The largest absolute Gasteiger partial charge is 0.467 e. The van der Waals surface area contributed by atoms with Gasteiger partial charge in [0.15, 0.2) is 6.61 Å². The van der Waals surface area contributed by atoms with Gasteiger partial charge in [0.1, 0.15) is 5.82 Å². The predicted molar refractivity (Wildman–Crippen MR) is 79.6 cm³/mol. The van der Waals surface area contributed by atoms with Gasteiger partial charge in [-0.15, -0.1) is 5.10 Å². The number of ether oxygens (including phenoxy) is 1. The lowest BCUT2D eigenvalue weighted by molar-refractivity contribution is 0.254. The fraction of sp³-hybridized carbons (Fsp3) is 0.286.